The van der Waals surface area contributed by atoms with E-state index >= 15 is 0 Å². The molecule has 0 saturated carbocycles. The Hall–Kier alpha value is -1.53. The van der Waals surface area contributed by atoms with Crippen molar-refractivity contribution in [2.75, 3.05) is 17.7 Å². The van der Waals surface area contributed by atoms with Crippen molar-refractivity contribution in [3.63, 3.8) is 0 Å². The summed E-state index contributed by atoms with van der Waals surface area (Å²) in [6.45, 7) is 0.795. The Labute approximate surface area is 140 Å². The molecule has 2 saturated heterocycles. The lowest BCUT2D eigenvalue weighted by molar-refractivity contribution is -0.119. The highest BCUT2D eigenvalue weighted by molar-refractivity contribution is 8.00. The van der Waals surface area contributed by atoms with Gasteiger partial charge < -0.3 is 15.4 Å². The quantitative estimate of drug-likeness (QED) is 0.869. The van der Waals surface area contributed by atoms with Gasteiger partial charge in [-0.2, -0.15) is 0 Å². The maximum absolute atomic E-state index is 12.2. The Morgan fingerprint density at radius 2 is 2.17 bits per heavy atom. The third-order valence-corrected chi connectivity index (χ3v) is 5.32. The van der Waals surface area contributed by atoms with Gasteiger partial charge in [-0.3, -0.25) is 9.59 Å². The smallest absolute Gasteiger partial charge is 0.234 e. The third kappa shape index (κ3) is 4.48. The van der Waals surface area contributed by atoms with Gasteiger partial charge in [0.05, 0.1) is 11.8 Å². The first kappa shape index (κ1) is 16.3. The van der Waals surface area contributed by atoms with Crippen molar-refractivity contribution in [2.24, 2.45) is 0 Å². The minimum atomic E-state index is -0.0269. The van der Waals surface area contributed by atoms with Crippen molar-refractivity contribution in [3.8, 4) is 0 Å². The zero-order chi connectivity index (χ0) is 16.1. The fourth-order valence-corrected chi connectivity index (χ4v) is 3.89. The second kappa shape index (κ2) is 7.84. The van der Waals surface area contributed by atoms with E-state index in [0.29, 0.717) is 12.2 Å². The van der Waals surface area contributed by atoms with Gasteiger partial charge in [-0.25, -0.2) is 0 Å². The van der Waals surface area contributed by atoms with Crippen LogP contribution in [0.5, 0.6) is 0 Å². The number of rotatable bonds is 5. The number of hydrogen-bond acceptors (Lipinski definition) is 4. The fourth-order valence-electron chi connectivity index (χ4n) is 2.96. The van der Waals surface area contributed by atoms with E-state index in [4.69, 9.17) is 4.74 Å². The molecule has 1 aromatic rings. The minimum Gasteiger partial charge on any atom is -0.368 e. The number of carbonyl (C=O) groups is 2. The van der Waals surface area contributed by atoms with E-state index in [0.717, 1.165) is 37.1 Å². The number of nitrogens with one attached hydrogen (secondary N) is 2. The Morgan fingerprint density at radius 3 is 2.91 bits per heavy atom. The first-order valence-corrected chi connectivity index (χ1v) is 9.18. The van der Waals surface area contributed by atoms with E-state index in [1.807, 2.05) is 24.3 Å². The number of para-hydroxylation sites is 1. The predicted octanol–water partition coefficient (Wildman–Crippen LogP) is 2.84. The van der Waals surface area contributed by atoms with Gasteiger partial charge in [0.1, 0.15) is 5.44 Å². The largest absolute Gasteiger partial charge is 0.368 e. The Kier molecular flexibility index (Phi) is 5.56. The molecule has 0 radical (unpaired) electrons. The van der Waals surface area contributed by atoms with Crippen LogP contribution in [0.1, 0.15) is 43.7 Å². The van der Waals surface area contributed by atoms with Crippen LogP contribution in [0.3, 0.4) is 0 Å². The molecule has 6 heteroatoms. The molecule has 5 nitrogen and oxygen atoms in total. The predicted molar refractivity (Wildman–Crippen MR) is 91.2 cm³/mol. The molecule has 2 amide bonds. The molecule has 0 aromatic heterocycles. The number of amides is 2. The first-order chi connectivity index (χ1) is 11.2. The number of anilines is 1. The fraction of sp³-hybridized carbons (Fsp3) is 0.529. The van der Waals surface area contributed by atoms with Crippen LogP contribution in [0.4, 0.5) is 5.69 Å². The molecule has 2 heterocycles. The van der Waals surface area contributed by atoms with Gasteiger partial charge in [0.25, 0.3) is 0 Å². The summed E-state index contributed by atoms with van der Waals surface area (Å²) in [6, 6.07) is 7.67. The molecule has 2 atom stereocenters. The van der Waals surface area contributed by atoms with Crippen molar-refractivity contribution in [1.29, 1.82) is 0 Å². The van der Waals surface area contributed by atoms with Gasteiger partial charge >= 0.3 is 0 Å². The first-order valence-electron chi connectivity index (χ1n) is 8.14. The van der Waals surface area contributed by atoms with Crippen LogP contribution in [0.2, 0.25) is 0 Å². The number of hydrogen-bond donors (Lipinski definition) is 2. The lowest BCUT2D eigenvalue weighted by atomic mass is 10.0. The number of thioether (sulfide) groups is 1. The van der Waals surface area contributed by atoms with E-state index in [1.54, 1.807) is 11.8 Å². The highest BCUT2D eigenvalue weighted by atomic mass is 32.2. The summed E-state index contributed by atoms with van der Waals surface area (Å²) >= 11 is 1.56. The van der Waals surface area contributed by atoms with Crippen molar-refractivity contribution in [1.82, 2.24) is 5.32 Å². The summed E-state index contributed by atoms with van der Waals surface area (Å²) in [5.41, 5.74) is 1.90. The monoisotopic (exact) mass is 334 g/mol. The van der Waals surface area contributed by atoms with Crippen LogP contribution >= 0.6 is 11.8 Å². The van der Waals surface area contributed by atoms with E-state index < -0.39 is 0 Å². The van der Waals surface area contributed by atoms with Crippen LogP contribution in [-0.4, -0.2) is 29.6 Å². The highest BCUT2D eigenvalue weighted by Gasteiger charge is 2.24. The number of carbonyl (C=O) groups excluding carboxylic acids is 2. The molecule has 2 aliphatic rings. The van der Waals surface area contributed by atoms with Gasteiger partial charge in [-0.05, 0) is 37.3 Å². The van der Waals surface area contributed by atoms with Crippen molar-refractivity contribution < 1.29 is 14.3 Å². The normalized spacial score (nSPS) is 24.3. The highest BCUT2D eigenvalue weighted by Crippen LogP contribution is 2.30. The molecular formula is C17H22N2O3S. The van der Waals surface area contributed by atoms with Crippen LogP contribution in [0.25, 0.3) is 0 Å². The zero-order valence-electron chi connectivity index (χ0n) is 13.0. The molecule has 23 heavy (non-hydrogen) atoms. The molecule has 124 valence electrons. The summed E-state index contributed by atoms with van der Waals surface area (Å²) in [5.74, 6) is 0.429. The van der Waals surface area contributed by atoms with Crippen LogP contribution in [0, 0.1) is 0 Å². The molecule has 2 fully saturated rings. The molecule has 2 N–H and O–H groups in total. The zero-order valence-corrected chi connectivity index (χ0v) is 13.9. The molecule has 2 aliphatic heterocycles. The molecule has 2 unspecified atom stereocenters. The third-order valence-electron chi connectivity index (χ3n) is 4.14. The lowest BCUT2D eigenvalue weighted by Gasteiger charge is -2.22. The number of ether oxygens (including phenoxy) is 1. The van der Waals surface area contributed by atoms with Gasteiger partial charge in [0.15, 0.2) is 0 Å². The van der Waals surface area contributed by atoms with Crippen LogP contribution in [-0.2, 0) is 14.3 Å². The average Bonchev–Trinajstić information content (AvgIpc) is 3.01. The summed E-state index contributed by atoms with van der Waals surface area (Å²) in [6.07, 6.45) is 4.62. The Balaban J connectivity index is 1.56. The van der Waals surface area contributed by atoms with Crippen molar-refractivity contribution in [2.45, 2.75) is 43.6 Å². The van der Waals surface area contributed by atoms with Crippen LogP contribution in [0.15, 0.2) is 24.3 Å². The second-order valence-corrected chi connectivity index (χ2v) is 7.05. The summed E-state index contributed by atoms with van der Waals surface area (Å²) < 4.78 is 5.63. The second-order valence-electron chi connectivity index (χ2n) is 5.90. The Bertz CT molecular complexity index is 573. The molecule has 3 rings (SSSR count). The average molecular weight is 334 g/mol. The van der Waals surface area contributed by atoms with E-state index in [1.165, 1.54) is 6.42 Å². The standard InChI is InChI=1S/C17H22N2O3S/c20-15-9-8-14(18-15)12-5-1-2-6-13(12)19-16(21)11-23-17-7-3-4-10-22-17/h1-2,5-6,14,17H,3-4,7-11H2,(H,18,20)(H,19,21). The van der Waals surface area contributed by atoms with E-state index in [-0.39, 0.29) is 23.3 Å². The van der Waals surface area contributed by atoms with Gasteiger partial charge in [0, 0.05) is 18.7 Å². The SMILES string of the molecule is O=C(CSC1CCCCO1)Nc1ccccc1C1CCC(=O)N1. The van der Waals surface area contributed by atoms with Crippen molar-refractivity contribution in [3.05, 3.63) is 29.8 Å². The van der Waals surface area contributed by atoms with E-state index in [9.17, 15) is 9.59 Å². The molecule has 0 bridgehead atoms. The maximum Gasteiger partial charge on any atom is 0.234 e. The molecule has 1 aromatic carbocycles. The lowest BCUT2D eigenvalue weighted by Crippen LogP contribution is -2.23. The topological polar surface area (TPSA) is 67.4 Å². The summed E-state index contributed by atoms with van der Waals surface area (Å²) in [4.78, 5) is 23.6. The van der Waals surface area contributed by atoms with Gasteiger partial charge in [0.2, 0.25) is 11.8 Å². The Morgan fingerprint density at radius 1 is 1.30 bits per heavy atom. The molecule has 0 aliphatic carbocycles. The summed E-state index contributed by atoms with van der Waals surface area (Å²) in [7, 11) is 0. The maximum atomic E-state index is 12.2. The minimum absolute atomic E-state index is 0.00618. The van der Waals surface area contributed by atoms with Gasteiger partial charge in [-0.1, -0.05) is 18.2 Å². The number of benzene rings is 1. The van der Waals surface area contributed by atoms with Crippen LogP contribution < -0.4 is 10.6 Å². The summed E-state index contributed by atoms with van der Waals surface area (Å²) in [5, 5.41) is 5.93. The molecule has 0 spiro atoms. The van der Waals surface area contributed by atoms with Crippen molar-refractivity contribution >= 4 is 29.3 Å². The molecular weight excluding hydrogens is 312 g/mol. The van der Waals surface area contributed by atoms with Gasteiger partial charge in [-0.15, -0.1) is 11.8 Å². The van der Waals surface area contributed by atoms with E-state index in [2.05, 4.69) is 10.6 Å².